The Morgan fingerprint density at radius 1 is 1.44 bits per heavy atom. The number of hydrogen-bond acceptors (Lipinski definition) is 4. The summed E-state index contributed by atoms with van der Waals surface area (Å²) in [5, 5.41) is 12.0. The molecule has 0 saturated heterocycles. The molecule has 2 N–H and O–H groups in total. The lowest BCUT2D eigenvalue weighted by Gasteiger charge is -2.24. The number of esters is 1. The van der Waals surface area contributed by atoms with Gasteiger partial charge in [0.2, 0.25) is 5.91 Å². The monoisotopic (exact) mass is 227 g/mol. The molecule has 2 atom stereocenters. The average Bonchev–Trinajstić information content (AvgIpc) is 2.16. The number of aliphatic hydroxyl groups excluding tert-OH is 1. The smallest absolute Gasteiger partial charge is 0.331 e. The zero-order valence-electron chi connectivity index (χ0n) is 9.69. The summed E-state index contributed by atoms with van der Waals surface area (Å²) in [5.74, 6) is -0.929. The molecule has 0 spiro atoms. The molecule has 1 heterocycles. The fraction of sp³-hybridized carbons (Fsp3) is 0.636. The van der Waals surface area contributed by atoms with Gasteiger partial charge >= 0.3 is 5.97 Å². The van der Waals surface area contributed by atoms with Gasteiger partial charge in [-0.2, -0.15) is 0 Å². The van der Waals surface area contributed by atoms with Gasteiger partial charge in [0.15, 0.2) is 0 Å². The van der Waals surface area contributed by atoms with Crippen LogP contribution in [-0.4, -0.2) is 35.7 Å². The second kappa shape index (κ2) is 5.12. The Morgan fingerprint density at radius 2 is 2.06 bits per heavy atom. The van der Waals surface area contributed by atoms with Crippen LogP contribution in [0, 0.1) is 5.92 Å². The first kappa shape index (κ1) is 12.7. The maximum Gasteiger partial charge on any atom is 0.331 e. The van der Waals surface area contributed by atoms with Crippen molar-refractivity contribution in [3.63, 3.8) is 0 Å². The van der Waals surface area contributed by atoms with Gasteiger partial charge in [-0.1, -0.05) is 13.8 Å². The highest BCUT2D eigenvalue weighted by atomic mass is 16.5. The molecule has 1 aliphatic rings. The van der Waals surface area contributed by atoms with Gasteiger partial charge in [-0.05, 0) is 12.8 Å². The molecule has 0 radical (unpaired) electrons. The van der Waals surface area contributed by atoms with E-state index >= 15 is 0 Å². The number of amides is 1. The molecule has 90 valence electrons. The van der Waals surface area contributed by atoms with Crippen LogP contribution in [0.5, 0.6) is 0 Å². The van der Waals surface area contributed by atoms with Crippen LogP contribution >= 0.6 is 0 Å². The Hall–Kier alpha value is -1.36. The van der Waals surface area contributed by atoms with E-state index in [2.05, 4.69) is 5.32 Å². The van der Waals surface area contributed by atoms with Gasteiger partial charge in [0.05, 0.1) is 12.1 Å². The predicted octanol–water partition coefficient (Wildman–Crippen LogP) is -0.00880. The van der Waals surface area contributed by atoms with Crippen molar-refractivity contribution in [2.75, 3.05) is 6.61 Å². The highest BCUT2D eigenvalue weighted by Crippen LogP contribution is 2.12. The van der Waals surface area contributed by atoms with Crippen LogP contribution in [0.2, 0.25) is 0 Å². The lowest BCUT2D eigenvalue weighted by molar-refractivity contribution is -0.141. The lowest BCUT2D eigenvalue weighted by atomic mass is 10.0. The standard InChI is InChI=1S/C11H17NO4/c1-6(2)8-4-10(14)16-5-9(7(3)13)12-11(8)15/h4,6-7,9,13H,5H2,1-3H3,(H,12,15)/t7-,9-/m0/s1. The van der Waals surface area contributed by atoms with Crippen LogP contribution in [0.3, 0.4) is 0 Å². The van der Waals surface area contributed by atoms with E-state index in [9.17, 15) is 14.7 Å². The summed E-state index contributed by atoms with van der Waals surface area (Å²) >= 11 is 0. The second-order valence-corrected chi connectivity index (χ2v) is 4.20. The zero-order chi connectivity index (χ0) is 12.3. The average molecular weight is 227 g/mol. The van der Waals surface area contributed by atoms with Crippen molar-refractivity contribution >= 4 is 11.9 Å². The van der Waals surface area contributed by atoms with Gasteiger partial charge in [0.1, 0.15) is 6.61 Å². The van der Waals surface area contributed by atoms with Gasteiger partial charge in [-0.3, -0.25) is 4.79 Å². The first-order valence-electron chi connectivity index (χ1n) is 5.29. The Balaban J connectivity index is 2.92. The van der Waals surface area contributed by atoms with E-state index in [0.717, 1.165) is 0 Å². The molecular weight excluding hydrogens is 210 g/mol. The van der Waals surface area contributed by atoms with E-state index in [4.69, 9.17) is 4.74 Å². The number of aliphatic hydroxyl groups is 1. The third kappa shape index (κ3) is 3.06. The maximum absolute atomic E-state index is 11.8. The summed E-state index contributed by atoms with van der Waals surface area (Å²) in [6.45, 7) is 5.17. The van der Waals surface area contributed by atoms with E-state index in [1.54, 1.807) is 6.92 Å². The van der Waals surface area contributed by atoms with Crippen LogP contribution in [-0.2, 0) is 14.3 Å². The summed E-state index contributed by atoms with van der Waals surface area (Å²) in [6, 6.07) is -0.557. The van der Waals surface area contributed by atoms with Crippen molar-refractivity contribution in [1.29, 1.82) is 0 Å². The number of carbonyl (C=O) groups is 2. The van der Waals surface area contributed by atoms with Crippen molar-refractivity contribution in [2.24, 2.45) is 5.92 Å². The molecule has 0 aromatic heterocycles. The molecule has 0 aromatic carbocycles. The number of cyclic esters (lactones) is 1. The fourth-order valence-electron chi connectivity index (χ4n) is 1.39. The summed E-state index contributed by atoms with van der Waals surface area (Å²) in [6.07, 6.45) is 0.446. The number of nitrogens with one attached hydrogen (secondary N) is 1. The lowest BCUT2D eigenvalue weighted by Crippen LogP contribution is -2.47. The number of hydrogen-bond donors (Lipinski definition) is 2. The summed E-state index contributed by atoms with van der Waals surface area (Å²) in [7, 11) is 0. The summed E-state index contributed by atoms with van der Waals surface area (Å²) in [4.78, 5) is 23.1. The molecule has 0 saturated carbocycles. The highest BCUT2D eigenvalue weighted by Gasteiger charge is 2.25. The van der Waals surface area contributed by atoms with Gasteiger partial charge in [0.25, 0.3) is 0 Å². The topological polar surface area (TPSA) is 75.6 Å². The van der Waals surface area contributed by atoms with E-state index in [-0.39, 0.29) is 18.4 Å². The third-order valence-electron chi connectivity index (χ3n) is 2.46. The van der Waals surface area contributed by atoms with Crippen LogP contribution in [0.4, 0.5) is 0 Å². The SMILES string of the molecule is CC(C)C1=CC(=O)OC[C@@H]([C@H](C)O)NC1=O. The Kier molecular flexibility index (Phi) is 4.06. The predicted molar refractivity (Wildman–Crippen MR) is 57.5 cm³/mol. The van der Waals surface area contributed by atoms with Crippen molar-refractivity contribution in [2.45, 2.75) is 32.9 Å². The molecular formula is C11H17NO4. The Labute approximate surface area is 94.5 Å². The first-order chi connectivity index (χ1) is 7.41. The maximum atomic E-state index is 11.8. The minimum Gasteiger partial charge on any atom is -0.460 e. The largest absolute Gasteiger partial charge is 0.460 e. The van der Waals surface area contributed by atoms with Gasteiger partial charge in [0, 0.05) is 11.6 Å². The molecule has 0 unspecified atom stereocenters. The molecule has 1 aliphatic heterocycles. The summed E-state index contributed by atoms with van der Waals surface area (Å²) in [5.41, 5.74) is 0.371. The molecule has 5 heteroatoms. The third-order valence-corrected chi connectivity index (χ3v) is 2.46. The van der Waals surface area contributed by atoms with Crippen molar-refractivity contribution in [3.8, 4) is 0 Å². The second-order valence-electron chi connectivity index (χ2n) is 4.20. The zero-order valence-corrected chi connectivity index (χ0v) is 9.69. The van der Waals surface area contributed by atoms with Crippen molar-refractivity contribution in [1.82, 2.24) is 5.32 Å². The van der Waals surface area contributed by atoms with Gasteiger partial charge in [-0.15, -0.1) is 0 Å². The quantitative estimate of drug-likeness (QED) is 0.651. The summed E-state index contributed by atoms with van der Waals surface area (Å²) < 4.78 is 4.90. The van der Waals surface area contributed by atoms with E-state index in [0.29, 0.717) is 5.57 Å². The molecule has 0 aliphatic carbocycles. The number of rotatable bonds is 2. The van der Waals surface area contributed by atoms with Crippen molar-refractivity contribution in [3.05, 3.63) is 11.6 Å². The van der Waals surface area contributed by atoms with Gasteiger partial charge < -0.3 is 15.2 Å². The van der Waals surface area contributed by atoms with Gasteiger partial charge in [-0.25, -0.2) is 4.79 Å². The number of ether oxygens (including phenoxy) is 1. The van der Waals surface area contributed by atoms with Crippen LogP contribution < -0.4 is 5.32 Å². The molecule has 0 fully saturated rings. The fourth-order valence-corrected chi connectivity index (χ4v) is 1.39. The van der Waals surface area contributed by atoms with E-state index in [1.165, 1.54) is 6.08 Å². The Bertz CT molecular complexity index is 320. The molecule has 0 aromatic rings. The van der Waals surface area contributed by atoms with Crippen LogP contribution in [0.1, 0.15) is 20.8 Å². The molecule has 1 rings (SSSR count). The van der Waals surface area contributed by atoms with E-state index in [1.807, 2.05) is 13.8 Å². The Morgan fingerprint density at radius 3 is 2.56 bits per heavy atom. The van der Waals surface area contributed by atoms with Crippen LogP contribution in [0.25, 0.3) is 0 Å². The first-order valence-corrected chi connectivity index (χ1v) is 5.29. The minimum atomic E-state index is -0.761. The number of carbonyl (C=O) groups excluding carboxylic acids is 2. The van der Waals surface area contributed by atoms with Crippen molar-refractivity contribution < 1.29 is 19.4 Å². The van der Waals surface area contributed by atoms with E-state index < -0.39 is 18.1 Å². The molecule has 0 bridgehead atoms. The van der Waals surface area contributed by atoms with Crippen LogP contribution in [0.15, 0.2) is 11.6 Å². The highest BCUT2D eigenvalue weighted by molar-refractivity contribution is 6.00. The molecule has 1 amide bonds. The minimum absolute atomic E-state index is 0.00981. The molecule has 5 nitrogen and oxygen atoms in total. The molecule has 16 heavy (non-hydrogen) atoms. The normalized spacial score (nSPS) is 24.1.